The van der Waals surface area contributed by atoms with Crippen molar-refractivity contribution in [2.24, 2.45) is 0 Å². The van der Waals surface area contributed by atoms with E-state index in [2.05, 4.69) is 21.2 Å². The number of benzene rings is 1. The fourth-order valence-electron chi connectivity index (χ4n) is 2.55. The maximum Gasteiger partial charge on any atom is 0.418 e. The second-order valence-electron chi connectivity index (χ2n) is 5.25. The highest BCUT2D eigenvalue weighted by Gasteiger charge is 2.33. The molecule has 1 fully saturated rings. The summed E-state index contributed by atoms with van der Waals surface area (Å²) < 4.78 is 45.0. The standard InChI is InChI=1S/C15H19BrF3NO/c16-11-6-7-13(15(17,18)19)14(10-11)20-8-9-21-12-4-2-1-3-5-12/h6-7,10,12,20H,1-5,8-9H2. The summed E-state index contributed by atoms with van der Waals surface area (Å²) in [5.41, 5.74) is -0.563. The van der Waals surface area contributed by atoms with Gasteiger partial charge in [-0.2, -0.15) is 13.2 Å². The Morgan fingerprint density at radius 2 is 1.90 bits per heavy atom. The Morgan fingerprint density at radius 1 is 1.19 bits per heavy atom. The number of anilines is 1. The van der Waals surface area contributed by atoms with Crippen molar-refractivity contribution in [2.45, 2.75) is 44.4 Å². The van der Waals surface area contributed by atoms with Crippen molar-refractivity contribution >= 4 is 21.6 Å². The Labute approximate surface area is 131 Å². The lowest BCUT2D eigenvalue weighted by molar-refractivity contribution is -0.137. The van der Waals surface area contributed by atoms with Crippen LogP contribution in [0.2, 0.25) is 0 Å². The van der Waals surface area contributed by atoms with Gasteiger partial charge in [0.05, 0.1) is 18.3 Å². The zero-order valence-corrected chi connectivity index (χ0v) is 13.3. The summed E-state index contributed by atoms with van der Waals surface area (Å²) in [5.74, 6) is 0. The third-order valence-corrected chi connectivity index (χ3v) is 4.10. The lowest BCUT2D eigenvalue weighted by atomic mass is 9.98. The van der Waals surface area contributed by atoms with Crippen LogP contribution in [0.3, 0.4) is 0 Å². The minimum Gasteiger partial charge on any atom is -0.382 e. The van der Waals surface area contributed by atoms with Crippen molar-refractivity contribution in [3.05, 3.63) is 28.2 Å². The van der Waals surface area contributed by atoms with Crippen LogP contribution in [0.5, 0.6) is 0 Å². The van der Waals surface area contributed by atoms with Crippen LogP contribution in [0.15, 0.2) is 22.7 Å². The Balaban J connectivity index is 1.86. The smallest absolute Gasteiger partial charge is 0.382 e. The summed E-state index contributed by atoms with van der Waals surface area (Å²) >= 11 is 3.20. The van der Waals surface area contributed by atoms with Crippen LogP contribution in [0.4, 0.5) is 18.9 Å². The van der Waals surface area contributed by atoms with E-state index in [1.165, 1.54) is 31.4 Å². The first-order valence-corrected chi connectivity index (χ1v) is 7.98. The maximum atomic E-state index is 12.9. The number of halogens is 4. The van der Waals surface area contributed by atoms with E-state index in [4.69, 9.17) is 4.74 Å². The number of hydrogen-bond donors (Lipinski definition) is 1. The molecule has 1 N–H and O–H groups in total. The van der Waals surface area contributed by atoms with E-state index in [1.54, 1.807) is 0 Å². The summed E-state index contributed by atoms with van der Waals surface area (Å²) in [6.45, 7) is 0.796. The molecule has 2 nitrogen and oxygen atoms in total. The number of alkyl halides is 3. The first-order valence-electron chi connectivity index (χ1n) is 7.19. The Morgan fingerprint density at radius 3 is 2.57 bits per heavy atom. The molecule has 1 aromatic carbocycles. The summed E-state index contributed by atoms with van der Waals surface area (Å²) in [5, 5.41) is 2.83. The third-order valence-electron chi connectivity index (χ3n) is 3.61. The highest BCUT2D eigenvalue weighted by atomic mass is 79.9. The van der Waals surface area contributed by atoms with E-state index in [0.29, 0.717) is 17.6 Å². The Kier molecular flexibility index (Phi) is 5.93. The number of hydrogen-bond acceptors (Lipinski definition) is 2. The molecule has 0 radical (unpaired) electrons. The van der Waals surface area contributed by atoms with E-state index in [0.717, 1.165) is 18.9 Å². The zero-order chi connectivity index (χ0) is 15.3. The average Bonchev–Trinajstić information content (AvgIpc) is 2.43. The molecule has 118 valence electrons. The van der Waals surface area contributed by atoms with Crippen LogP contribution in [-0.2, 0) is 10.9 Å². The van der Waals surface area contributed by atoms with Gasteiger partial charge in [-0.05, 0) is 31.0 Å². The highest BCUT2D eigenvalue weighted by Crippen LogP contribution is 2.36. The molecular weight excluding hydrogens is 347 g/mol. The molecule has 1 aliphatic rings. The molecule has 2 rings (SSSR count). The molecule has 0 atom stereocenters. The largest absolute Gasteiger partial charge is 0.418 e. The van der Waals surface area contributed by atoms with E-state index in [-0.39, 0.29) is 11.8 Å². The minimum absolute atomic E-state index is 0.0871. The quantitative estimate of drug-likeness (QED) is 0.721. The van der Waals surface area contributed by atoms with Gasteiger partial charge in [0.2, 0.25) is 0 Å². The molecule has 1 aromatic rings. The minimum atomic E-state index is -4.35. The van der Waals surface area contributed by atoms with Crippen LogP contribution in [-0.4, -0.2) is 19.3 Å². The SMILES string of the molecule is FC(F)(F)c1ccc(Br)cc1NCCOC1CCCCC1. The fraction of sp³-hybridized carbons (Fsp3) is 0.600. The second kappa shape index (κ2) is 7.49. The normalized spacial score (nSPS) is 17.0. The van der Waals surface area contributed by atoms with Crippen LogP contribution in [0.25, 0.3) is 0 Å². The van der Waals surface area contributed by atoms with Gasteiger partial charge >= 0.3 is 6.18 Å². The Hall–Kier alpha value is -0.750. The van der Waals surface area contributed by atoms with Gasteiger partial charge in [0.15, 0.2) is 0 Å². The second-order valence-corrected chi connectivity index (χ2v) is 6.16. The van der Waals surface area contributed by atoms with E-state index >= 15 is 0 Å². The molecule has 1 saturated carbocycles. The first kappa shape index (κ1) is 16.6. The summed E-state index contributed by atoms with van der Waals surface area (Å²) in [4.78, 5) is 0. The van der Waals surface area contributed by atoms with Gasteiger partial charge in [0.25, 0.3) is 0 Å². The molecular formula is C15H19BrF3NO. The van der Waals surface area contributed by atoms with Crippen LogP contribution < -0.4 is 5.32 Å². The topological polar surface area (TPSA) is 21.3 Å². The van der Waals surface area contributed by atoms with Crippen LogP contribution in [0, 0.1) is 0 Å². The molecule has 0 amide bonds. The number of nitrogens with one attached hydrogen (secondary N) is 1. The average molecular weight is 366 g/mol. The number of ether oxygens (including phenoxy) is 1. The van der Waals surface area contributed by atoms with Gasteiger partial charge in [-0.1, -0.05) is 35.2 Å². The van der Waals surface area contributed by atoms with Gasteiger partial charge in [-0.25, -0.2) is 0 Å². The van der Waals surface area contributed by atoms with E-state index < -0.39 is 11.7 Å². The number of rotatable bonds is 5. The van der Waals surface area contributed by atoms with Crippen molar-refractivity contribution in [1.82, 2.24) is 0 Å². The predicted molar refractivity (Wildman–Crippen MR) is 80.5 cm³/mol. The van der Waals surface area contributed by atoms with Gasteiger partial charge in [0.1, 0.15) is 0 Å². The molecule has 6 heteroatoms. The molecule has 21 heavy (non-hydrogen) atoms. The molecule has 0 heterocycles. The molecule has 1 aliphatic carbocycles. The van der Waals surface area contributed by atoms with Crippen molar-refractivity contribution < 1.29 is 17.9 Å². The highest BCUT2D eigenvalue weighted by molar-refractivity contribution is 9.10. The third kappa shape index (κ3) is 5.18. The monoisotopic (exact) mass is 365 g/mol. The molecule has 0 saturated heterocycles. The summed E-state index contributed by atoms with van der Waals surface area (Å²) in [6.07, 6.45) is 1.66. The van der Waals surface area contributed by atoms with Gasteiger partial charge in [0, 0.05) is 16.7 Å². The molecule has 0 bridgehead atoms. The van der Waals surface area contributed by atoms with E-state index in [9.17, 15) is 13.2 Å². The molecule has 0 aliphatic heterocycles. The lowest BCUT2D eigenvalue weighted by Crippen LogP contribution is -2.21. The maximum absolute atomic E-state index is 12.9. The molecule has 0 aromatic heterocycles. The van der Waals surface area contributed by atoms with E-state index in [1.807, 2.05) is 0 Å². The zero-order valence-electron chi connectivity index (χ0n) is 11.7. The van der Waals surface area contributed by atoms with Crippen molar-refractivity contribution in [1.29, 1.82) is 0 Å². The van der Waals surface area contributed by atoms with Crippen molar-refractivity contribution in [3.63, 3.8) is 0 Å². The Bertz CT molecular complexity index is 459. The lowest BCUT2D eigenvalue weighted by Gasteiger charge is -2.22. The van der Waals surface area contributed by atoms with Crippen molar-refractivity contribution in [3.8, 4) is 0 Å². The fourth-order valence-corrected chi connectivity index (χ4v) is 2.91. The van der Waals surface area contributed by atoms with Crippen LogP contribution >= 0.6 is 15.9 Å². The molecule has 0 unspecified atom stereocenters. The van der Waals surface area contributed by atoms with Gasteiger partial charge < -0.3 is 10.1 Å². The molecule has 0 spiro atoms. The van der Waals surface area contributed by atoms with Crippen molar-refractivity contribution in [2.75, 3.05) is 18.5 Å². The van der Waals surface area contributed by atoms with Crippen LogP contribution in [0.1, 0.15) is 37.7 Å². The first-order chi connectivity index (χ1) is 9.97. The van der Waals surface area contributed by atoms with Gasteiger partial charge in [-0.3, -0.25) is 0 Å². The summed E-state index contributed by atoms with van der Waals surface area (Å²) in [6, 6.07) is 3.92. The summed E-state index contributed by atoms with van der Waals surface area (Å²) in [7, 11) is 0. The van der Waals surface area contributed by atoms with Gasteiger partial charge in [-0.15, -0.1) is 0 Å². The predicted octanol–water partition coefficient (Wildman–Crippen LogP) is 5.23.